The van der Waals surface area contributed by atoms with Gasteiger partial charge in [-0.2, -0.15) is 0 Å². The van der Waals surface area contributed by atoms with Crippen molar-refractivity contribution in [2.45, 2.75) is 39.7 Å². The van der Waals surface area contributed by atoms with E-state index in [2.05, 4.69) is 34.0 Å². The van der Waals surface area contributed by atoms with Gasteiger partial charge in [0.2, 0.25) is 5.91 Å². The number of hydrogen-bond acceptors (Lipinski definition) is 6. The SMILES string of the molecule is Cc1sc2ncnc(N3CCC(C(=O)N[C@@H](C)CN)CC3)c2c1C.Cl. The number of carbonyl (C=O) groups is 1. The number of anilines is 1. The Balaban J connectivity index is 0.00000225. The van der Waals surface area contributed by atoms with E-state index in [9.17, 15) is 4.79 Å². The van der Waals surface area contributed by atoms with Gasteiger partial charge in [-0.15, -0.1) is 23.7 Å². The van der Waals surface area contributed by atoms with Crippen LogP contribution in [0.25, 0.3) is 10.2 Å². The fourth-order valence-electron chi connectivity index (χ4n) is 3.18. The highest BCUT2D eigenvalue weighted by Crippen LogP contribution is 2.35. The normalized spacial score (nSPS) is 16.6. The second-order valence-electron chi connectivity index (χ2n) is 6.57. The third-order valence-corrected chi connectivity index (χ3v) is 5.97. The van der Waals surface area contributed by atoms with Gasteiger partial charge in [0, 0.05) is 36.5 Å². The predicted octanol–water partition coefficient (Wildman–Crippen LogP) is 2.41. The molecule has 1 aliphatic heterocycles. The topological polar surface area (TPSA) is 84.1 Å². The number of thiophene rings is 1. The van der Waals surface area contributed by atoms with Crippen molar-refractivity contribution >= 4 is 45.7 Å². The number of piperidine rings is 1. The van der Waals surface area contributed by atoms with Crippen LogP contribution in [0.2, 0.25) is 0 Å². The molecule has 3 rings (SSSR count). The first-order chi connectivity index (χ1) is 11.5. The fraction of sp³-hybridized carbons (Fsp3) is 0.588. The number of amides is 1. The zero-order valence-electron chi connectivity index (χ0n) is 14.9. The minimum Gasteiger partial charge on any atom is -0.356 e. The van der Waals surface area contributed by atoms with Crippen molar-refractivity contribution in [1.82, 2.24) is 15.3 Å². The molecule has 0 bridgehead atoms. The molecule has 0 radical (unpaired) electrons. The third kappa shape index (κ3) is 4.04. The summed E-state index contributed by atoms with van der Waals surface area (Å²) in [7, 11) is 0. The van der Waals surface area contributed by atoms with Crippen molar-refractivity contribution in [3.63, 3.8) is 0 Å². The van der Waals surface area contributed by atoms with E-state index in [-0.39, 0.29) is 30.3 Å². The first-order valence-corrected chi connectivity index (χ1v) is 9.29. The van der Waals surface area contributed by atoms with Gasteiger partial charge in [-0.25, -0.2) is 9.97 Å². The van der Waals surface area contributed by atoms with Crippen molar-refractivity contribution in [3.8, 4) is 0 Å². The van der Waals surface area contributed by atoms with Crippen LogP contribution < -0.4 is 16.0 Å². The van der Waals surface area contributed by atoms with Crippen LogP contribution in [0.5, 0.6) is 0 Å². The molecule has 8 heteroatoms. The van der Waals surface area contributed by atoms with E-state index in [1.807, 2.05) is 6.92 Å². The van der Waals surface area contributed by atoms with Gasteiger partial charge in [0.25, 0.3) is 0 Å². The Kier molecular flexibility index (Phi) is 6.59. The molecule has 3 heterocycles. The number of halogens is 1. The van der Waals surface area contributed by atoms with Gasteiger partial charge in [-0.1, -0.05) is 0 Å². The monoisotopic (exact) mass is 383 g/mol. The largest absolute Gasteiger partial charge is 0.356 e. The van der Waals surface area contributed by atoms with Gasteiger partial charge in [0.1, 0.15) is 17.0 Å². The second kappa shape index (κ2) is 8.29. The van der Waals surface area contributed by atoms with E-state index in [4.69, 9.17) is 5.73 Å². The Morgan fingerprint density at radius 3 is 2.72 bits per heavy atom. The summed E-state index contributed by atoms with van der Waals surface area (Å²) in [5, 5.41) is 4.16. The van der Waals surface area contributed by atoms with Gasteiger partial charge < -0.3 is 16.0 Å². The van der Waals surface area contributed by atoms with E-state index in [1.165, 1.54) is 15.8 Å². The lowest BCUT2D eigenvalue weighted by Gasteiger charge is -2.33. The van der Waals surface area contributed by atoms with Crippen LogP contribution in [0, 0.1) is 19.8 Å². The second-order valence-corrected chi connectivity index (χ2v) is 7.77. The fourth-order valence-corrected chi connectivity index (χ4v) is 4.17. The minimum atomic E-state index is 0. The van der Waals surface area contributed by atoms with Crippen LogP contribution in [0.3, 0.4) is 0 Å². The van der Waals surface area contributed by atoms with Crippen LogP contribution >= 0.6 is 23.7 Å². The molecule has 138 valence electrons. The Morgan fingerprint density at radius 2 is 2.08 bits per heavy atom. The minimum absolute atomic E-state index is 0. The van der Waals surface area contributed by atoms with Gasteiger partial charge in [0.15, 0.2) is 0 Å². The number of carbonyl (C=O) groups excluding carboxylic acids is 1. The van der Waals surface area contributed by atoms with Crippen molar-refractivity contribution in [2.24, 2.45) is 11.7 Å². The third-order valence-electron chi connectivity index (χ3n) is 4.85. The van der Waals surface area contributed by atoms with E-state index >= 15 is 0 Å². The van der Waals surface area contributed by atoms with E-state index in [0.717, 1.165) is 36.6 Å². The van der Waals surface area contributed by atoms with Gasteiger partial charge >= 0.3 is 0 Å². The first kappa shape index (κ1) is 19.9. The molecule has 0 aliphatic carbocycles. The lowest BCUT2D eigenvalue weighted by Crippen LogP contribution is -2.45. The van der Waals surface area contributed by atoms with Crippen LogP contribution in [-0.4, -0.2) is 41.6 Å². The van der Waals surface area contributed by atoms with Crippen LogP contribution in [-0.2, 0) is 4.79 Å². The highest BCUT2D eigenvalue weighted by Gasteiger charge is 2.27. The molecule has 6 nitrogen and oxygen atoms in total. The Labute approximate surface area is 158 Å². The highest BCUT2D eigenvalue weighted by atomic mass is 35.5. The summed E-state index contributed by atoms with van der Waals surface area (Å²) in [5.41, 5.74) is 6.85. The number of nitrogens with one attached hydrogen (secondary N) is 1. The van der Waals surface area contributed by atoms with Crippen molar-refractivity contribution in [2.75, 3.05) is 24.5 Å². The molecule has 0 unspecified atom stereocenters. The summed E-state index contributed by atoms with van der Waals surface area (Å²) in [4.78, 5) is 25.8. The number of aryl methyl sites for hydroxylation is 2. The number of aromatic nitrogens is 2. The van der Waals surface area contributed by atoms with Crippen LogP contribution in [0.4, 0.5) is 5.82 Å². The highest BCUT2D eigenvalue weighted by molar-refractivity contribution is 7.18. The Hall–Kier alpha value is -1.44. The van der Waals surface area contributed by atoms with Crippen molar-refractivity contribution in [1.29, 1.82) is 0 Å². The van der Waals surface area contributed by atoms with Gasteiger partial charge in [-0.3, -0.25) is 4.79 Å². The molecule has 25 heavy (non-hydrogen) atoms. The average Bonchev–Trinajstić information content (AvgIpc) is 2.89. The maximum Gasteiger partial charge on any atom is 0.223 e. The van der Waals surface area contributed by atoms with Gasteiger partial charge in [-0.05, 0) is 39.2 Å². The number of nitrogens with two attached hydrogens (primary N) is 1. The molecular formula is C17H26ClN5OS. The zero-order valence-corrected chi connectivity index (χ0v) is 16.5. The summed E-state index contributed by atoms with van der Waals surface area (Å²) >= 11 is 1.72. The number of nitrogens with zero attached hydrogens (tertiary/aromatic N) is 3. The molecule has 1 fully saturated rings. The summed E-state index contributed by atoms with van der Waals surface area (Å²) in [5.74, 6) is 1.21. The summed E-state index contributed by atoms with van der Waals surface area (Å²) < 4.78 is 0. The molecule has 2 aromatic rings. The van der Waals surface area contributed by atoms with E-state index in [1.54, 1.807) is 17.7 Å². The Morgan fingerprint density at radius 1 is 1.40 bits per heavy atom. The van der Waals surface area contributed by atoms with Crippen molar-refractivity contribution in [3.05, 3.63) is 16.8 Å². The molecule has 0 aromatic carbocycles. The Bertz CT molecular complexity index is 742. The first-order valence-electron chi connectivity index (χ1n) is 8.47. The summed E-state index contributed by atoms with van der Waals surface area (Å²) in [6, 6.07) is 0.0356. The number of fused-ring (bicyclic) bond motifs is 1. The van der Waals surface area contributed by atoms with Gasteiger partial charge in [0.05, 0.1) is 5.39 Å². The number of rotatable bonds is 4. The molecule has 1 amide bonds. The molecule has 0 spiro atoms. The quantitative estimate of drug-likeness (QED) is 0.846. The maximum atomic E-state index is 12.3. The molecule has 1 saturated heterocycles. The average molecular weight is 384 g/mol. The molecule has 1 aliphatic rings. The lowest BCUT2D eigenvalue weighted by atomic mass is 9.95. The molecular weight excluding hydrogens is 358 g/mol. The lowest BCUT2D eigenvalue weighted by molar-refractivity contribution is -0.126. The molecule has 1 atom stereocenters. The zero-order chi connectivity index (χ0) is 17.3. The predicted molar refractivity (Wildman–Crippen MR) is 106 cm³/mol. The smallest absolute Gasteiger partial charge is 0.223 e. The van der Waals surface area contributed by atoms with E-state index in [0.29, 0.717) is 6.54 Å². The molecule has 2 aromatic heterocycles. The van der Waals surface area contributed by atoms with Crippen molar-refractivity contribution < 1.29 is 4.79 Å². The maximum absolute atomic E-state index is 12.3. The van der Waals surface area contributed by atoms with Crippen LogP contribution in [0.15, 0.2) is 6.33 Å². The standard InChI is InChI=1S/C17H25N5OS.ClH/c1-10(8-18)21-16(23)13-4-6-22(7-5-13)15-14-11(2)12(3)24-17(14)20-9-19-15;/h9-10,13H,4-8,18H2,1-3H3,(H,21,23);1H/t10-;/m0./s1. The summed E-state index contributed by atoms with van der Waals surface area (Å²) in [6.45, 7) is 8.35. The van der Waals surface area contributed by atoms with E-state index < -0.39 is 0 Å². The summed E-state index contributed by atoms with van der Waals surface area (Å²) in [6.07, 6.45) is 3.34. The number of hydrogen-bond donors (Lipinski definition) is 2. The molecule has 3 N–H and O–H groups in total. The molecule has 0 saturated carbocycles. The van der Waals surface area contributed by atoms with Crippen LogP contribution in [0.1, 0.15) is 30.2 Å².